The number of benzene rings is 1. The third-order valence-electron chi connectivity index (χ3n) is 6.90. The topological polar surface area (TPSA) is 94.6 Å². The lowest BCUT2D eigenvalue weighted by molar-refractivity contribution is -0.142. The van der Waals surface area contributed by atoms with Crippen LogP contribution < -0.4 is 10.1 Å². The summed E-state index contributed by atoms with van der Waals surface area (Å²) in [4.78, 5) is 6.40. The van der Waals surface area contributed by atoms with E-state index in [9.17, 15) is 17.6 Å². The molecule has 0 aliphatic carbocycles. The summed E-state index contributed by atoms with van der Waals surface area (Å²) in [6.45, 7) is 0.830. The molecule has 0 unspecified atom stereocenters. The van der Waals surface area contributed by atoms with Crippen molar-refractivity contribution in [1.29, 1.82) is 0 Å². The number of rotatable bonds is 6. The Morgan fingerprint density at radius 3 is 2.74 bits per heavy atom. The Morgan fingerprint density at radius 2 is 2.05 bits per heavy atom. The minimum absolute atomic E-state index is 0.0166. The van der Waals surface area contributed by atoms with Crippen LogP contribution in [-0.4, -0.2) is 92.3 Å². The van der Waals surface area contributed by atoms with Crippen molar-refractivity contribution in [3.05, 3.63) is 30.2 Å². The Hall–Kier alpha value is -3.59. The van der Waals surface area contributed by atoms with Gasteiger partial charge in [0.25, 0.3) is 0 Å². The van der Waals surface area contributed by atoms with Crippen LogP contribution in [0.15, 0.2) is 24.4 Å². The van der Waals surface area contributed by atoms with Crippen LogP contribution in [0.2, 0.25) is 0 Å². The van der Waals surface area contributed by atoms with E-state index >= 15 is 4.39 Å². The van der Waals surface area contributed by atoms with Gasteiger partial charge in [-0.25, -0.2) is 18.0 Å². The van der Waals surface area contributed by atoms with Crippen LogP contribution in [0, 0.1) is 5.82 Å². The van der Waals surface area contributed by atoms with Crippen LogP contribution in [0.5, 0.6) is 5.88 Å². The zero-order chi connectivity index (χ0) is 26.6. The van der Waals surface area contributed by atoms with Gasteiger partial charge in [0, 0.05) is 13.1 Å². The normalized spacial score (nSPS) is 21.2. The Bertz CT molecular complexity index is 1480. The maximum Gasteiger partial charge on any atom is 0.408 e. The summed E-state index contributed by atoms with van der Waals surface area (Å²) in [6.07, 6.45) is -4.05. The van der Waals surface area contributed by atoms with E-state index in [1.54, 1.807) is 0 Å². The van der Waals surface area contributed by atoms with Gasteiger partial charge in [0.05, 0.1) is 49.7 Å². The predicted molar refractivity (Wildman–Crippen MR) is 125 cm³/mol. The second kappa shape index (κ2) is 9.31. The molecule has 6 rings (SSSR count). The van der Waals surface area contributed by atoms with Gasteiger partial charge in [-0.05, 0) is 24.1 Å². The van der Waals surface area contributed by atoms with Crippen molar-refractivity contribution >= 4 is 22.5 Å². The molecule has 2 saturated heterocycles. The molecule has 15 heteroatoms. The summed E-state index contributed by atoms with van der Waals surface area (Å²) in [7, 11) is 1.35. The summed E-state index contributed by atoms with van der Waals surface area (Å²) in [5, 5.41) is 14.6. The fraction of sp³-hybridized carbons (Fsp3) is 0.478. The van der Waals surface area contributed by atoms with Crippen LogP contribution in [0.1, 0.15) is 6.42 Å². The number of methoxy groups -OCH3 is 1. The third kappa shape index (κ3) is 4.49. The smallest absolute Gasteiger partial charge is 0.408 e. The maximum atomic E-state index is 15.3. The molecule has 0 spiro atoms. The van der Waals surface area contributed by atoms with Crippen LogP contribution in [-0.2, 0) is 11.3 Å². The average molecular weight is 538 g/mol. The third-order valence-corrected chi connectivity index (χ3v) is 6.90. The number of alkyl halides is 4. The number of anilines is 1. The maximum absolute atomic E-state index is 15.3. The number of hydrogen-bond donors (Lipinski definition) is 1. The van der Waals surface area contributed by atoms with E-state index in [1.165, 1.54) is 29.8 Å². The molecular formula is C23H23F5N8O2. The number of aromatic nitrogens is 6. The second-order valence-electron chi connectivity index (χ2n) is 9.40. The number of likely N-dealkylation sites (tertiary alicyclic amines) is 1. The van der Waals surface area contributed by atoms with Crippen LogP contribution in [0.25, 0.3) is 27.7 Å². The van der Waals surface area contributed by atoms with Crippen molar-refractivity contribution in [3.63, 3.8) is 0 Å². The summed E-state index contributed by atoms with van der Waals surface area (Å²) in [5.74, 6) is -0.613. The predicted octanol–water partition coefficient (Wildman–Crippen LogP) is 3.07. The first-order valence-electron chi connectivity index (χ1n) is 12.0. The zero-order valence-corrected chi connectivity index (χ0v) is 20.1. The number of ether oxygens (including phenoxy) is 2. The van der Waals surface area contributed by atoms with E-state index in [0.717, 1.165) is 6.20 Å². The van der Waals surface area contributed by atoms with Gasteiger partial charge in [0.15, 0.2) is 5.82 Å². The van der Waals surface area contributed by atoms with Gasteiger partial charge in [-0.1, -0.05) is 11.3 Å². The summed E-state index contributed by atoms with van der Waals surface area (Å²) in [6, 6.07) is 4.05. The van der Waals surface area contributed by atoms with Crippen molar-refractivity contribution in [1.82, 2.24) is 34.5 Å². The molecule has 38 heavy (non-hydrogen) atoms. The fourth-order valence-corrected chi connectivity index (χ4v) is 4.93. The summed E-state index contributed by atoms with van der Waals surface area (Å²) >= 11 is 0. The molecule has 0 radical (unpaired) electrons. The van der Waals surface area contributed by atoms with E-state index in [1.807, 2.05) is 0 Å². The molecule has 10 nitrogen and oxygen atoms in total. The Morgan fingerprint density at radius 1 is 1.24 bits per heavy atom. The summed E-state index contributed by atoms with van der Waals surface area (Å²) < 4.78 is 81.7. The first-order chi connectivity index (χ1) is 18.2. The van der Waals surface area contributed by atoms with Crippen molar-refractivity contribution in [3.8, 4) is 17.0 Å². The molecule has 0 saturated carbocycles. The lowest BCUT2D eigenvalue weighted by atomic mass is 10.0. The molecule has 0 bridgehead atoms. The SMILES string of the molecule is COc1nc(N[C@H]2CCN(C3COC3)C[C@H]2F)nn2cc(F)c(-c3ccc4nnn(CC(F)(F)F)c4c3)c12. The van der Waals surface area contributed by atoms with Crippen LogP contribution >= 0.6 is 0 Å². The van der Waals surface area contributed by atoms with Gasteiger partial charge in [0.2, 0.25) is 11.8 Å². The lowest BCUT2D eigenvalue weighted by Gasteiger charge is -2.42. The molecular weight excluding hydrogens is 515 g/mol. The van der Waals surface area contributed by atoms with Gasteiger partial charge >= 0.3 is 6.18 Å². The van der Waals surface area contributed by atoms with Crippen molar-refractivity contribution in [2.75, 3.05) is 38.7 Å². The molecule has 202 valence electrons. The van der Waals surface area contributed by atoms with Gasteiger partial charge in [-0.15, -0.1) is 10.2 Å². The number of nitrogens with one attached hydrogen (secondary N) is 1. The van der Waals surface area contributed by atoms with Gasteiger partial charge in [-0.3, -0.25) is 4.90 Å². The zero-order valence-electron chi connectivity index (χ0n) is 20.1. The van der Waals surface area contributed by atoms with E-state index < -0.39 is 30.8 Å². The fourth-order valence-electron chi connectivity index (χ4n) is 4.93. The highest BCUT2D eigenvalue weighted by Gasteiger charge is 2.36. The van der Waals surface area contributed by atoms with E-state index in [2.05, 4.69) is 30.6 Å². The Balaban J connectivity index is 1.32. The molecule has 4 aromatic rings. The number of nitrogens with zero attached hydrogens (tertiary/aromatic N) is 7. The van der Waals surface area contributed by atoms with E-state index in [0.29, 0.717) is 30.9 Å². The molecule has 5 heterocycles. The molecule has 1 aromatic carbocycles. The molecule has 2 fully saturated rings. The minimum Gasteiger partial charge on any atom is -0.479 e. The first kappa shape index (κ1) is 24.7. The largest absolute Gasteiger partial charge is 0.479 e. The molecule has 3 aromatic heterocycles. The quantitative estimate of drug-likeness (QED) is 0.375. The highest BCUT2D eigenvalue weighted by Crippen LogP contribution is 2.36. The van der Waals surface area contributed by atoms with E-state index in [4.69, 9.17) is 9.47 Å². The summed E-state index contributed by atoms with van der Waals surface area (Å²) in [5.41, 5.74) is 0.789. The first-order valence-corrected chi connectivity index (χ1v) is 12.0. The number of halogens is 5. The standard InChI is InChI=1S/C23H23F5N8O2/c1-37-21-20-19(12-2-3-17-18(6-12)36(33-31-17)11-23(26,27)28)15(25)8-35(20)32-22(30-21)29-16-4-5-34(7-14(16)24)13-9-38-10-13/h2-3,6,8,13-14,16H,4-5,7,9-11H2,1H3,(H,29,32)/t14-,16+/m1/s1. The highest BCUT2D eigenvalue weighted by atomic mass is 19.4. The Kier molecular flexibility index (Phi) is 6.06. The van der Waals surface area contributed by atoms with Gasteiger partial charge < -0.3 is 14.8 Å². The molecule has 2 aliphatic heterocycles. The van der Waals surface area contributed by atoms with Crippen LogP contribution in [0.4, 0.5) is 27.9 Å². The van der Waals surface area contributed by atoms with Gasteiger partial charge in [-0.2, -0.15) is 18.2 Å². The Labute approximate surface area is 212 Å². The monoisotopic (exact) mass is 538 g/mol. The van der Waals surface area contributed by atoms with Crippen molar-refractivity contribution < 1.29 is 31.4 Å². The van der Waals surface area contributed by atoms with Crippen molar-refractivity contribution in [2.24, 2.45) is 0 Å². The molecule has 0 amide bonds. The molecule has 2 aliphatic rings. The van der Waals surface area contributed by atoms with Crippen LogP contribution in [0.3, 0.4) is 0 Å². The lowest BCUT2D eigenvalue weighted by Crippen LogP contribution is -2.57. The average Bonchev–Trinajstić information content (AvgIpc) is 3.37. The molecule has 2 atom stereocenters. The van der Waals surface area contributed by atoms with Crippen molar-refractivity contribution in [2.45, 2.75) is 37.4 Å². The number of hydrogen-bond acceptors (Lipinski definition) is 8. The highest BCUT2D eigenvalue weighted by molar-refractivity contribution is 5.89. The minimum atomic E-state index is -4.51. The number of piperidine rings is 1. The van der Waals surface area contributed by atoms with Gasteiger partial charge in [0.1, 0.15) is 23.7 Å². The second-order valence-corrected chi connectivity index (χ2v) is 9.40. The van der Waals surface area contributed by atoms with E-state index in [-0.39, 0.29) is 52.1 Å². The number of fused-ring (bicyclic) bond motifs is 2. The molecule has 1 N–H and O–H groups in total.